The Morgan fingerprint density at radius 2 is 2.18 bits per heavy atom. The molecule has 0 saturated heterocycles. The summed E-state index contributed by atoms with van der Waals surface area (Å²) >= 11 is 0. The van der Waals surface area contributed by atoms with Crippen LogP contribution in [-0.4, -0.2) is 6.10 Å². The summed E-state index contributed by atoms with van der Waals surface area (Å²) < 4.78 is 5.57. The molecule has 11 heavy (non-hydrogen) atoms. The zero-order chi connectivity index (χ0) is 7.68. The molecular weight excluding hydrogens is 136 g/mol. The fourth-order valence-corrected chi connectivity index (χ4v) is 0.997. The Morgan fingerprint density at radius 3 is 2.82 bits per heavy atom. The minimum atomic E-state index is 0.483. The summed E-state index contributed by atoms with van der Waals surface area (Å²) in [6.07, 6.45) is 2.90. The van der Waals surface area contributed by atoms with E-state index in [-0.39, 0.29) is 0 Å². The van der Waals surface area contributed by atoms with Crippen LogP contribution in [0.4, 0.5) is 0 Å². The van der Waals surface area contributed by atoms with E-state index in [0.29, 0.717) is 6.10 Å². The highest BCUT2D eigenvalue weighted by Crippen LogP contribution is 2.26. The van der Waals surface area contributed by atoms with Gasteiger partial charge in [-0.25, -0.2) is 0 Å². The monoisotopic (exact) mass is 147 g/mol. The third-order valence-corrected chi connectivity index (χ3v) is 1.73. The third kappa shape index (κ3) is 1.73. The number of rotatable bonds is 2. The molecule has 0 heterocycles. The summed E-state index contributed by atoms with van der Waals surface area (Å²) in [4.78, 5) is 0. The van der Waals surface area contributed by atoms with Crippen LogP contribution in [0.25, 0.3) is 0 Å². The van der Waals surface area contributed by atoms with Crippen molar-refractivity contribution in [1.82, 2.24) is 0 Å². The molecule has 2 rings (SSSR count). The predicted octanol–water partition coefficient (Wildman–Crippen LogP) is 2.41. The van der Waals surface area contributed by atoms with Crippen molar-refractivity contribution in [2.75, 3.05) is 0 Å². The normalized spacial score (nSPS) is 16.5. The van der Waals surface area contributed by atoms with Gasteiger partial charge < -0.3 is 4.74 Å². The first-order valence-electron chi connectivity index (χ1n) is 3.93. The fraction of sp³-hybridized carbons (Fsp3) is 0.300. The molecule has 1 heteroatoms. The maximum absolute atomic E-state index is 5.57. The van der Waals surface area contributed by atoms with Gasteiger partial charge in [0.15, 0.2) is 0 Å². The molecule has 0 spiro atoms. The van der Waals surface area contributed by atoms with Gasteiger partial charge in [-0.1, -0.05) is 12.1 Å². The Labute approximate surface area is 67.0 Å². The summed E-state index contributed by atoms with van der Waals surface area (Å²) in [7, 11) is 0. The van der Waals surface area contributed by atoms with E-state index in [1.807, 2.05) is 24.3 Å². The van der Waals surface area contributed by atoms with E-state index < -0.39 is 0 Å². The molecule has 1 aromatic rings. The van der Waals surface area contributed by atoms with Crippen LogP contribution in [0.2, 0.25) is 0 Å². The molecule has 0 atom stereocenters. The van der Waals surface area contributed by atoms with E-state index in [1.165, 1.54) is 12.8 Å². The number of hydrogen-bond donors (Lipinski definition) is 0. The Bertz CT molecular complexity index is 251. The summed E-state index contributed by atoms with van der Waals surface area (Å²) in [5.74, 6) is 0.958. The van der Waals surface area contributed by atoms with Crippen molar-refractivity contribution in [1.29, 1.82) is 0 Å². The quantitative estimate of drug-likeness (QED) is 0.624. The number of hydrogen-bond acceptors (Lipinski definition) is 1. The van der Waals surface area contributed by atoms with Crippen LogP contribution in [0.3, 0.4) is 0 Å². The Balaban J connectivity index is 2.10. The van der Waals surface area contributed by atoms with Gasteiger partial charge in [0.25, 0.3) is 0 Å². The van der Waals surface area contributed by atoms with Gasteiger partial charge in [-0.15, -0.1) is 0 Å². The Hall–Kier alpha value is -0.980. The molecule has 57 valence electrons. The molecule has 0 unspecified atom stereocenters. The molecule has 1 nitrogen and oxygen atoms in total. The summed E-state index contributed by atoms with van der Waals surface area (Å²) in [6, 6.07) is 7.89. The van der Waals surface area contributed by atoms with Gasteiger partial charge in [-0.3, -0.25) is 0 Å². The van der Waals surface area contributed by atoms with E-state index >= 15 is 0 Å². The van der Waals surface area contributed by atoms with Crippen molar-refractivity contribution in [3.05, 3.63) is 36.8 Å². The summed E-state index contributed by atoms with van der Waals surface area (Å²) in [5, 5.41) is 0. The number of benzene rings is 1. The minimum absolute atomic E-state index is 0.483. The van der Waals surface area contributed by atoms with Crippen molar-refractivity contribution in [2.24, 2.45) is 0 Å². The first-order valence-corrected chi connectivity index (χ1v) is 3.93. The van der Waals surface area contributed by atoms with Crippen molar-refractivity contribution in [2.45, 2.75) is 18.9 Å². The maximum atomic E-state index is 5.57. The van der Waals surface area contributed by atoms with Gasteiger partial charge in [-0.2, -0.15) is 0 Å². The minimum Gasteiger partial charge on any atom is -0.490 e. The van der Waals surface area contributed by atoms with Crippen LogP contribution in [-0.2, 0) is 0 Å². The zero-order valence-electron chi connectivity index (χ0n) is 6.42. The first-order chi connectivity index (χ1) is 5.34. The average molecular weight is 147 g/mol. The van der Waals surface area contributed by atoms with Gasteiger partial charge in [-0.05, 0) is 37.5 Å². The van der Waals surface area contributed by atoms with Gasteiger partial charge in [0.1, 0.15) is 5.75 Å². The highest BCUT2D eigenvalue weighted by molar-refractivity contribution is 5.30. The molecular formula is C10H11O. The second-order valence-corrected chi connectivity index (χ2v) is 2.96. The van der Waals surface area contributed by atoms with Crippen LogP contribution in [0.1, 0.15) is 18.4 Å². The first kappa shape index (κ1) is 6.71. The molecule has 0 aliphatic heterocycles. The topological polar surface area (TPSA) is 9.23 Å². The molecule has 1 radical (unpaired) electrons. The average Bonchev–Trinajstić information content (AvgIpc) is 2.71. The second-order valence-electron chi connectivity index (χ2n) is 2.96. The fourth-order valence-electron chi connectivity index (χ4n) is 0.997. The van der Waals surface area contributed by atoms with E-state index in [1.54, 1.807) is 0 Å². The third-order valence-electron chi connectivity index (χ3n) is 1.73. The SMILES string of the molecule is [CH2]c1cccc(OC2CC2)c1. The van der Waals surface area contributed by atoms with Gasteiger partial charge in [0.05, 0.1) is 6.10 Å². The molecule has 1 aliphatic carbocycles. The molecule has 1 aliphatic rings. The standard InChI is InChI=1S/C10H11O/c1-8-3-2-4-10(7-8)11-9-5-6-9/h2-4,7,9H,1,5-6H2. The van der Waals surface area contributed by atoms with Gasteiger partial charge >= 0.3 is 0 Å². The lowest BCUT2D eigenvalue weighted by atomic mass is 10.2. The van der Waals surface area contributed by atoms with E-state index in [0.717, 1.165) is 11.3 Å². The Morgan fingerprint density at radius 1 is 1.36 bits per heavy atom. The van der Waals surface area contributed by atoms with Crippen molar-refractivity contribution >= 4 is 0 Å². The van der Waals surface area contributed by atoms with Crippen LogP contribution < -0.4 is 4.74 Å². The molecule has 0 amide bonds. The largest absolute Gasteiger partial charge is 0.490 e. The summed E-state index contributed by atoms with van der Waals surface area (Å²) in [5.41, 5.74) is 1.02. The highest BCUT2D eigenvalue weighted by Gasteiger charge is 2.23. The predicted molar refractivity (Wildman–Crippen MR) is 44.6 cm³/mol. The smallest absolute Gasteiger partial charge is 0.119 e. The molecule has 1 saturated carbocycles. The van der Waals surface area contributed by atoms with Gasteiger partial charge in [0.2, 0.25) is 0 Å². The Kier molecular flexibility index (Phi) is 1.57. The molecule has 1 aromatic carbocycles. The summed E-state index contributed by atoms with van der Waals surface area (Å²) in [6.45, 7) is 3.83. The molecule has 0 aromatic heterocycles. The van der Waals surface area contributed by atoms with Crippen LogP contribution in [0, 0.1) is 6.92 Å². The second kappa shape index (κ2) is 2.57. The van der Waals surface area contributed by atoms with Crippen molar-refractivity contribution in [3.63, 3.8) is 0 Å². The molecule has 0 N–H and O–H groups in total. The highest BCUT2D eigenvalue weighted by atomic mass is 16.5. The van der Waals surface area contributed by atoms with Crippen molar-refractivity contribution < 1.29 is 4.74 Å². The van der Waals surface area contributed by atoms with Crippen molar-refractivity contribution in [3.8, 4) is 5.75 Å². The molecule has 1 fully saturated rings. The van der Waals surface area contributed by atoms with Crippen LogP contribution in [0.5, 0.6) is 5.75 Å². The van der Waals surface area contributed by atoms with E-state index in [4.69, 9.17) is 4.74 Å². The zero-order valence-corrected chi connectivity index (χ0v) is 6.42. The lowest BCUT2D eigenvalue weighted by Crippen LogP contribution is -1.95. The lowest BCUT2D eigenvalue weighted by Gasteiger charge is -2.03. The van der Waals surface area contributed by atoms with Crippen LogP contribution in [0.15, 0.2) is 24.3 Å². The van der Waals surface area contributed by atoms with Gasteiger partial charge in [0, 0.05) is 0 Å². The molecule has 0 bridgehead atoms. The van der Waals surface area contributed by atoms with E-state index in [9.17, 15) is 0 Å². The maximum Gasteiger partial charge on any atom is 0.119 e. The van der Waals surface area contributed by atoms with Crippen LogP contribution >= 0.6 is 0 Å². The van der Waals surface area contributed by atoms with E-state index in [2.05, 4.69) is 6.92 Å². The number of ether oxygens (including phenoxy) is 1. The lowest BCUT2D eigenvalue weighted by molar-refractivity contribution is 0.303.